The Morgan fingerprint density at radius 2 is 2.10 bits per heavy atom. The lowest BCUT2D eigenvalue weighted by Crippen LogP contribution is -2.20. The third-order valence-electron chi connectivity index (χ3n) is 3.18. The highest BCUT2D eigenvalue weighted by Crippen LogP contribution is 2.31. The lowest BCUT2D eigenvalue weighted by Gasteiger charge is -2.05. The number of aliphatic carboxylic acids is 1. The quantitative estimate of drug-likeness (QED) is 0.776. The number of carbonyl (C=O) groups is 1. The van der Waals surface area contributed by atoms with Crippen LogP contribution in [0.25, 0.3) is 21.5 Å². The molecule has 1 atom stereocenters. The van der Waals surface area contributed by atoms with Crippen LogP contribution in [0.3, 0.4) is 0 Å². The van der Waals surface area contributed by atoms with Gasteiger partial charge in [-0.2, -0.15) is 0 Å². The molecule has 0 saturated heterocycles. The van der Waals surface area contributed by atoms with Gasteiger partial charge in [0.25, 0.3) is 0 Å². The molecule has 0 aliphatic rings. The van der Waals surface area contributed by atoms with Crippen molar-refractivity contribution in [3.8, 4) is 10.6 Å². The van der Waals surface area contributed by atoms with E-state index in [1.165, 1.54) is 11.3 Å². The van der Waals surface area contributed by atoms with Gasteiger partial charge in [-0.05, 0) is 19.1 Å². The SMILES string of the molecule is Cc1cc(-c2nc(C(N)C(=O)O)cs2)c2ccccc2n1. The van der Waals surface area contributed by atoms with Crippen LogP contribution in [0.4, 0.5) is 0 Å². The van der Waals surface area contributed by atoms with E-state index in [0.29, 0.717) is 5.69 Å². The molecule has 1 unspecified atom stereocenters. The van der Waals surface area contributed by atoms with Gasteiger partial charge in [-0.3, -0.25) is 9.78 Å². The number of hydrogen-bond donors (Lipinski definition) is 2. The van der Waals surface area contributed by atoms with E-state index in [2.05, 4.69) is 9.97 Å². The molecule has 0 aliphatic carbocycles. The second-order valence-electron chi connectivity index (χ2n) is 4.72. The maximum absolute atomic E-state index is 10.9. The first kappa shape index (κ1) is 13.7. The number of rotatable bonds is 3. The molecule has 0 saturated carbocycles. The molecular formula is C15H13N3O2S. The van der Waals surface area contributed by atoms with E-state index in [0.717, 1.165) is 27.2 Å². The van der Waals surface area contributed by atoms with Gasteiger partial charge in [0, 0.05) is 22.0 Å². The zero-order chi connectivity index (χ0) is 15.0. The number of hydrogen-bond acceptors (Lipinski definition) is 5. The van der Waals surface area contributed by atoms with Gasteiger partial charge in [-0.1, -0.05) is 18.2 Å². The Hall–Kier alpha value is -2.31. The number of para-hydroxylation sites is 1. The molecule has 106 valence electrons. The number of aromatic nitrogens is 2. The maximum Gasteiger partial charge on any atom is 0.326 e. The number of fused-ring (bicyclic) bond motifs is 1. The standard InChI is InChI=1S/C15H13N3O2S/c1-8-6-10(9-4-2-3-5-11(9)17-8)14-18-12(7-21-14)13(16)15(19)20/h2-7,13H,16H2,1H3,(H,19,20). The van der Waals surface area contributed by atoms with Crippen LogP contribution >= 0.6 is 11.3 Å². The molecule has 6 heteroatoms. The van der Waals surface area contributed by atoms with E-state index in [9.17, 15) is 4.79 Å². The van der Waals surface area contributed by atoms with E-state index < -0.39 is 12.0 Å². The van der Waals surface area contributed by atoms with Gasteiger partial charge in [0.1, 0.15) is 11.0 Å². The van der Waals surface area contributed by atoms with Gasteiger partial charge in [-0.25, -0.2) is 4.98 Å². The number of carboxylic acid groups (broad SMARTS) is 1. The summed E-state index contributed by atoms with van der Waals surface area (Å²) in [6.07, 6.45) is 0. The van der Waals surface area contributed by atoms with Crippen LogP contribution in [0.2, 0.25) is 0 Å². The van der Waals surface area contributed by atoms with Gasteiger partial charge < -0.3 is 10.8 Å². The zero-order valence-electron chi connectivity index (χ0n) is 11.3. The predicted molar refractivity (Wildman–Crippen MR) is 82.2 cm³/mol. The monoisotopic (exact) mass is 299 g/mol. The van der Waals surface area contributed by atoms with Crippen LogP contribution in [0.5, 0.6) is 0 Å². The molecule has 0 bridgehead atoms. The summed E-state index contributed by atoms with van der Waals surface area (Å²) in [7, 11) is 0. The molecule has 3 N–H and O–H groups in total. The number of nitrogens with two attached hydrogens (primary N) is 1. The summed E-state index contributed by atoms with van der Waals surface area (Å²) in [5.41, 5.74) is 8.72. The summed E-state index contributed by atoms with van der Waals surface area (Å²) in [5.74, 6) is -1.08. The first-order valence-corrected chi connectivity index (χ1v) is 7.25. The van der Waals surface area contributed by atoms with Crippen molar-refractivity contribution in [2.24, 2.45) is 5.73 Å². The number of aryl methyl sites for hydroxylation is 1. The largest absolute Gasteiger partial charge is 0.480 e. The fourth-order valence-electron chi connectivity index (χ4n) is 2.16. The third-order valence-corrected chi connectivity index (χ3v) is 4.08. The van der Waals surface area contributed by atoms with E-state index >= 15 is 0 Å². The minimum atomic E-state index is -1.09. The van der Waals surface area contributed by atoms with Crippen LogP contribution < -0.4 is 5.73 Å². The lowest BCUT2D eigenvalue weighted by molar-refractivity contribution is -0.138. The molecule has 3 rings (SSSR count). The highest BCUT2D eigenvalue weighted by molar-refractivity contribution is 7.13. The highest BCUT2D eigenvalue weighted by Gasteiger charge is 2.19. The Balaban J connectivity index is 2.15. The average molecular weight is 299 g/mol. The normalized spacial score (nSPS) is 12.5. The molecule has 5 nitrogen and oxygen atoms in total. The van der Waals surface area contributed by atoms with Crippen LogP contribution in [0.15, 0.2) is 35.7 Å². The van der Waals surface area contributed by atoms with Gasteiger partial charge in [0.05, 0.1) is 11.2 Å². The first-order chi connectivity index (χ1) is 10.1. The van der Waals surface area contributed by atoms with Gasteiger partial charge in [0.15, 0.2) is 0 Å². The van der Waals surface area contributed by atoms with E-state index in [1.54, 1.807) is 5.38 Å². The molecule has 21 heavy (non-hydrogen) atoms. The van der Waals surface area contributed by atoms with E-state index in [-0.39, 0.29) is 0 Å². The van der Waals surface area contributed by atoms with Crippen molar-refractivity contribution in [2.75, 3.05) is 0 Å². The second-order valence-corrected chi connectivity index (χ2v) is 5.58. The molecule has 1 aromatic carbocycles. The van der Waals surface area contributed by atoms with Crippen molar-refractivity contribution in [2.45, 2.75) is 13.0 Å². The lowest BCUT2D eigenvalue weighted by atomic mass is 10.1. The highest BCUT2D eigenvalue weighted by atomic mass is 32.1. The Morgan fingerprint density at radius 1 is 1.33 bits per heavy atom. The fraction of sp³-hybridized carbons (Fsp3) is 0.133. The first-order valence-electron chi connectivity index (χ1n) is 6.37. The van der Waals surface area contributed by atoms with Crippen molar-refractivity contribution in [1.29, 1.82) is 0 Å². The topological polar surface area (TPSA) is 89.1 Å². The fourth-order valence-corrected chi connectivity index (χ4v) is 3.05. The Morgan fingerprint density at radius 3 is 2.86 bits per heavy atom. The molecule has 2 aromatic heterocycles. The van der Waals surface area contributed by atoms with Crippen LogP contribution in [-0.2, 0) is 4.79 Å². The third kappa shape index (κ3) is 2.51. The molecule has 3 aromatic rings. The summed E-state index contributed by atoms with van der Waals surface area (Å²) in [5, 5.41) is 12.4. The summed E-state index contributed by atoms with van der Waals surface area (Å²) in [6, 6.07) is 8.67. The number of carboxylic acids is 1. The van der Waals surface area contributed by atoms with Gasteiger partial charge in [-0.15, -0.1) is 11.3 Å². The van der Waals surface area contributed by atoms with Crippen molar-refractivity contribution >= 4 is 28.2 Å². The Kier molecular flexibility index (Phi) is 3.40. The number of pyridine rings is 1. The van der Waals surface area contributed by atoms with E-state index in [4.69, 9.17) is 10.8 Å². The Bertz CT molecular complexity index is 829. The molecule has 0 aliphatic heterocycles. The summed E-state index contributed by atoms with van der Waals surface area (Å²) in [6.45, 7) is 1.92. The van der Waals surface area contributed by atoms with Crippen LogP contribution in [0, 0.1) is 6.92 Å². The van der Waals surface area contributed by atoms with Crippen molar-refractivity contribution in [3.63, 3.8) is 0 Å². The van der Waals surface area contributed by atoms with Crippen LogP contribution in [-0.4, -0.2) is 21.0 Å². The molecule has 2 heterocycles. The van der Waals surface area contributed by atoms with Crippen molar-refractivity contribution in [1.82, 2.24) is 9.97 Å². The molecular weight excluding hydrogens is 286 g/mol. The maximum atomic E-state index is 10.9. The minimum absolute atomic E-state index is 0.376. The smallest absolute Gasteiger partial charge is 0.326 e. The summed E-state index contributed by atoms with van der Waals surface area (Å²) < 4.78 is 0. The van der Waals surface area contributed by atoms with Crippen molar-refractivity contribution in [3.05, 3.63) is 47.1 Å². The number of benzene rings is 1. The molecule has 0 spiro atoms. The van der Waals surface area contributed by atoms with Gasteiger partial charge in [0.2, 0.25) is 0 Å². The summed E-state index contributed by atoms with van der Waals surface area (Å²) >= 11 is 1.39. The average Bonchev–Trinajstić information content (AvgIpc) is 2.94. The number of thiazole rings is 1. The molecule has 0 amide bonds. The van der Waals surface area contributed by atoms with E-state index in [1.807, 2.05) is 37.3 Å². The Labute approximate surface area is 125 Å². The molecule has 0 fully saturated rings. The van der Waals surface area contributed by atoms with Gasteiger partial charge >= 0.3 is 5.97 Å². The summed E-state index contributed by atoms with van der Waals surface area (Å²) in [4.78, 5) is 19.8. The predicted octanol–water partition coefficient (Wildman–Crippen LogP) is 2.75. The zero-order valence-corrected chi connectivity index (χ0v) is 12.1. The van der Waals surface area contributed by atoms with Crippen LogP contribution in [0.1, 0.15) is 17.4 Å². The number of nitrogens with zero attached hydrogens (tertiary/aromatic N) is 2. The van der Waals surface area contributed by atoms with Crippen molar-refractivity contribution < 1.29 is 9.90 Å². The molecule has 0 radical (unpaired) electrons. The second kappa shape index (κ2) is 5.23. The minimum Gasteiger partial charge on any atom is -0.480 e.